The van der Waals surface area contributed by atoms with Crippen molar-refractivity contribution in [1.29, 1.82) is 0 Å². The molecular formula is C13H19NO2. The molecule has 1 N–H and O–H groups in total. The third-order valence-corrected chi connectivity index (χ3v) is 3.24. The lowest BCUT2D eigenvalue weighted by atomic mass is 10.1. The topological polar surface area (TPSA) is 42.2 Å². The minimum absolute atomic E-state index is 0.142. The van der Waals surface area contributed by atoms with Crippen LogP contribution >= 0.6 is 0 Å². The zero-order chi connectivity index (χ0) is 11.2. The second-order valence-corrected chi connectivity index (χ2v) is 4.53. The Labute approximate surface area is 96.2 Å². The van der Waals surface area contributed by atoms with E-state index in [4.69, 9.17) is 4.42 Å². The summed E-state index contributed by atoms with van der Waals surface area (Å²) in [6.45, 7) is 0.858. The lowest BCUT2D eigenvalue weighted by Crippen LogP contribution is -2.28. The van der Waals surface area contributed by atoms with Crippen LogP contribution < -0.4 is 5.32 Å². The molecule has 0 spiro atoms. The van der Waals surface area contributed by atoms with Crippen molar-refractivity contribution in [3.05, 3.63) is 24.2 Å². The van der Waals surface area contributed by atoms with Gasteiger partial charge in [-0.15, -0.1) is 0 Å². The first-order valence-corrected chi connectivity index (χ1v) is 6.13. The summed E-state index contributed by atoms with van der Waals surface area (Å²) in [7, 11) is 0. The van der Waals surface area contributed by atoms with Crippen LogP contribution in [0, 0.1) is 5.92 Å². The van der Waals surface area contributed by atoms with Gasteiger partial charge in [0.25, 0.3) is 0 Å². The van der Waals surface area contributed by atoms with E-state index in [-0.39, 0.29) is 5.91 Å². The smallest absolute Gasteiger partial charge is 0.220 e. The van der Waals surface area contributed by atoms with Crippen LogP contribution in [0.15, 0.2) is 22.8 Å². The molecule has 1 heterocycles. The molecule has 88 valence electrons. The van der Waals surface area contributed by atoms with Gasteiger partial charge in [0.1, 0.15) is 5.76 Å². The number of carbonyl (C=O) groups excluding carboxylic acids is 1. The first-order valence-electron chi connectivity index (χ1n) is 6.13. The van der Waals surface area contributed by atoms with Crippen molar-refractivity contribution in [3.8, 4) is 0 Å². The van der Waals surface area contributed by atoms with Crippen LogP contribution in [0.4, 0.5) is 0 Å². The molecule has 3 heteroatoms. The lowest BCUT2D eigenvalue weighted by Gasteiger charge is -2.09. The van der Waals surface area contributed by atoms with Crippen molar-refractivity contribution in [3.63, 3.8) is 0 Å². The van der Waals surface area contributed by atoms with E-state index in [0.29, 0.717) is 18.8 Å². The highest BCUT2D eigenvalue weighted by Gasteiger charge is 2.15. The molecule has 16 heavy (non-hydrogen) atoms. The highest BCUT2D eigenvalue weighted by atomic mass is 16.3. The van der Waals surface area contributed by atoms with Crippen LogP contribution in [0.3, 0.4) is 0 Å². The van der Waals surface area contributed by atoms with Crippen LogP contribution in [0.1, 0.15) is 37.9 Å². The maximum Gasteiger partial charge on any atom is 0.220 e. The van der Waals surface area contributed by atoms with Gasteiger partial charge in [-0.3, -0.25) is 4.79 Å². The highest BCUT2D eigenvalue weighted by molar-refractivity contribution is 5.76. The number of furan rings is 1. The predicted octanol–water partition coefficient (Wildman–Crippen LogP) is 2.52. The first kappa shape index (κ1) is 11.2. The minimum Gasteiger partial charge on any atom is -0.469 e. The van der Waals surface area contributed by atoms with Gasteiger partial charge in [-0.05, 0) is 30.9 Å². The zero-order valence-electron chi connectivity index (χ0n) is 9.58. The number of amides is 1. The predicted molar refractivity (Wildman–Crippen MR) is 62.0 cm³/mol. The molecule has 0 saturated heterocycles. The fraction of sp³-hybridized carbons (Fsp3) is 0.615. The van der Waals surface area contributed by atoms with Crippen LogP contribution in [0.25, 0.3) is 0 Å². The highest BCUT2D eigenvalue weighted by Crippen LogP contribution is 2.23. The Bertz CT molecular complexity index is 313. The van der Waals surface area contributed by atoms with Gasteiger partial charge in [0.05, 0.1) is 6.26 Å². The van der Waals surface area contributed by atoms with E-state index >= 15 is 0 Å². The maximum absolute atomic E-state index is 11.5. The number of rotatable bonds is 5. The molecular weight excluding hydrogens is 202 g/mol. The number of nitrogens with one attached hydrogen (secondary N) is 1. The molecule has 0 atom stereocenters. The molecule has 1 aromatic rings. The van der Waals surface area contributed by atoms with Gasteiger partial charge in [-0.2, -0.15) is 0 Å². The van der Waals surface area contributed by atoms with Crippen LogP contribution in [-0.2, 0) is 11.2 Å². The summed E-state index contributed by atoms with van der Waals surface area (Å²) >= 11 is 0. The number of carbonyl (C=O) groups is 1. The van der Waals surface area contributed by atoms with Gasteiger partial charge >= 0.3 is 0 Å². The fourth-order valence-electron chi connectivity index (χ4n) is 2.25. The summed E-state index contributed by atoms with van der Waals surface area (Å²) in [6.07, 6.45) is 8.08. The standard InChI is InChI=1S/C13H19NO2/c15-13(8-7-12-6-3-9-16-12)14-10-11-4-1-2-5-11/h3,6,9,11H,1-2,4-5,7-8,10H2,(H,14,15). The van der Waals surface area contributed by atoms with E-state index in [2.05, 4.69) is 5.32 Å². The maximum atomic E-state index is 11.5. The van der Waals surface area contributed by atoms with Crippen molar-refractivity contribution in [2.24, 2.45) is 5.92 Å². The van der Waals surface area contributed by atoms with Crippen molar-refractivity contribution in [2.45, 2.75) is 38.5 Å². The number of aryl methyl sites for hydroxylation is 1. The average molecular weight is 221 g/mol. The number of hydrogen-bond donors (Lipinski definition) is 1. The molecule has 1 fully saturated rings. The Morgan fingerprint density at radius 3 is 2.94 bits per heavy atom. The Morgan fingerprint density at radius 1 is 1.44 bits per heavy atom. The van der Waals surface area contributed by atoms with Gasteiger partial charge in [-0.1, -0.05) is 12.8 Å². The first-order chi connectivity index (χ1) is 7.84. The third-order valence-electron chi connectivity index (χ3n) is 3.24. The third kappa shape index (κ3) is 3.40. The average Bonchev–Trinajstić information content (AvgIpc) is 2.96. The summed E-state index contributed by atoms with van der Waals surface area (Å²) in [4.78, 5) is 11.5. The quantitative estimate of drug-likeness (QED) is 0.830. The van der Waals surface area contributed by atoms with Crippen molar-refractivity contribution in [2.75, 3.05) is 6.54 Å². The van der Waals surface area contributed by atoms with Crippen molar-refractivity contribution < 1.29 is 9.21 Å². The molecule has 0 aromatic carbocycles. The van der Waals surface area contributed by atoms with Gasteiger partial charge in [0.2, 0.25) is 5.91 Å². The second-order valence-electron chi connectivity index (χ2n) is 4.53. The monoisotopic (exact) mass is 221 g/mol. The van der Waals surface area contributed by atoms with E-state index in [0.717, 1.165) is 12.3 Å². The molecule has 0 radical (unpaired) electrons. The molecule has 1 amide bonds. The Balaban J connectivity index is 1.60. The summed E-state index contributed by atoms with van der Waals surface area (Å²) < 4.78 is 5.18. The summed E-state index contributed by atoms with van der Waals surface area (Å²) in [5.74, 6) is 1.74. The number of hydrogen-bond acceptors (Lipinski definition) is 2. The van der Waals surface area contributed by atoms with E-state index in [1.807, 2.05) is 12.1 Å². The van der Waals surface area contributed by atoms with E-state index < -0.39 is 0 Å². The molecule has 0 aliphatic heterocycles. The molecule has 2 rings (SSSR count). The molecule has 1 aliphatic carbocycles. The molecule has 1 saturated carbocycles. The Morgan fingerprint density at radius 2 is 2.25 bits per heavy atom. The van der Waals surface area contributed by atoms with Gasteiger partial charge < -0.3 is 9.73 Å². The molecule has 1 aromatic heterocycles. The van der Waals surface area contributed by atoms with Crippen LogP contribution in [0.2, 0.25) is 0 Å². The Kier molecular flexibility index (Phi) is 4.03. The molecule has 0 bridgehead atoms. The SMILES string of the molecule is O=C(CCc1ccco1)NCC1CCCC1. The molecule has 3 nitrogen and oxygen atoms in total. The summed E-state index contributed by atoms with van der Waals surface area (Å²) in [5, 5.41) is 3.01. The zero-order valence-corrected chi connectivity index (χ0v) is 9.58. The van der Waals surface area contributed by atoms with E-state index in [9.17, 15) is 4.79 Å². The van der Waals surface area contributed by atoms with Crippen molar-refractivity contribution >= 4 is 5.91 Å². The molecule has 1 aliphatic rings. The van der Waals surface area contributed by atoms with Gasteiger partial charge in [0.15, 0.2) is 0 Å². The Hall–Kier alpha value is -1.25. The second kappa shape index (κ2) is 5.73. The van der Waals surface area contributed by atoms with Crippen LogP contribution in [-0.4, -0.2) is 12.5 Å². The largest absolute Gasteiger partial charge is 0.469 e. The van der Waals surface area contributed by atoms with Crippen LogP contribution in [0.5, 0.6) is 0 Å². The minimum atomic E-state index is 0.142. The van der Waals surface area contributed by atoms with Gasteiger partial charge in [0, 0.05) is 19.4 Å². The normalized spacial score (nSPS) is 16.5. The van der Waals surface area contributed by atoms with Crippen molar-refractivity contribution in [1.82, 2.24) is 5.32 Å². The summed E-state index contributed by atoms with van der Waals surface area (Å²) in [5.41, 5.74) is 0. The lowest BCUT2D eigenvalue weighted by molar-refractivity contribution is -0.121. The fourth-order valence-corrected chi connectivity index (χ4v) is 2.25. The van der Waals surface area contributed by atoms with E-state index in [1.54, 1.807) is 6.26 Å². The van der Waals surface area contributed by atoms with Gasteiger partial charge in [-0.25, -0.2) is 0 Å². The van der Waals surface area contributed by atoms with E-state index in [1.165, 1.54) is 25.7 Å². The summed E-state index contributed by atoms with van der Waals surface area (Å²) in [6, 6.07) is 3.76. The molecule has 0 unspecified atom stereocenters.